The van der Waals surface area contributed by atoms with Gasteiger partial charge in [0.25, 0.3) is 0 Å². The highest BCUT2D eigenvalue weighted by Gasteiger charge is 2.45. The lowest BCUT2D eigenvalue weighted by molar-refractivity contribution is -0.125. The minimum Gasteiger partial charge on any atom is -0.497 e. The van der Waals surface area contributed by atoms with Crippen molar-refractivity contribution < 1.29 is 18.7 Å². The van der Waals surface area contributed by atoms with Crippen LogP contribution in [0.2, 0.25) is 0 Å². The average molecular weight is 407 g/mol. The van der Waals surface area contributed by atoms with Crippen LogP contribution < -0.4 is 20.5 Å². The smallest absolute Gasteiger partial charge is 0.233 e. The number of amides is 1. The van der Waals surface area contributed by atoms with Crippen molar-refractivity contribution in [3.05, 3.63) is 54.4 Å². The molecule has 0 bridgehead atoms. The first-order valence-electron chi connectivity index (χ1n) is 9.88. The zero-order chi connectivity index (χ0) is 21.1. The summed E-state index contributed by atoms with van der Waals surface area (Å²) < 4.78 is 16.8. The summed E-state index contributed by atoms with van der Waals surface area (Å²) in [5.74, 6) is 2.05. The van der Waals surface area contributed by atoms with E-state index in [-0.39, 0.29) is 0 Å². The van der Waals surface area contributed by atoms with Gasteiger partial charge in [0.2, 0.25) is 11.8 Å². The van der Waals surface area contributed by atoms with Gasteiger partial charge in [-0.3, -0.25) is 4.79 Å². The third-order valence-electron chi connectivity index (χ3n) is 5.68. The number of oxazole rings is 1. The van der Waals surface area contributed by atoms with Crippen LogP contribution in [0, 0.1) is 0 Å². The lowest BCUT2D eigenvalue weighted by atomic mass is 9.78. The molecule has 0 spiro atoms. The summed E-state index contributed by atoms with van der Waals surface area (Å²) in [4.78, 5) is 17.3. The van der Waals surface area contributed by atoms with Gasteiger partial charge in [-0.2, -0.15) is 0 Å². The van der Waals surface area contributed by atoms with Crippen molar-refractivity contribution in [3.8, 4) is 34.1 Å². The van der Waals surface area contributed by atoms with Gasteiger partial charge in [-0.15, -0.1) is 0 Å². The Morgan fingerprint density at radius 1 is 0.967 bits per heavy atom. The third-order valence-corrected chi connectivity index (χ3v) is 5.68. The predicted octanol–water partition coefficient (Wildman–Crippen LogP) is 3.13. The second-order valence-electron chi connectivity index (χ2n) is 7.35. The number of methoxy groups -OCH3 is 2. The molecule has 0 unspecified atom stereocenters. The third kappa shape index (κ3) is 3.52. The molecule has 2 heterocycles. The van der Waals surface area contributed by atoms with E-state index in [0.29, 0.717) is 43.3 Å². The summed E-state index contributed by atoms with van der Waals surface area (Å²) in [6, 6.07) is 15.1. The Hall–Kier alpha value is -3.32. The molecule has 0 aliphatic carbocycles. The van der Waals surface area contributed by atoms with Crippen LogP contribution in [0.1, 0.15) is 18.7 Å². The second-order valence-corrected chi connectivity index (χ2v) is 7.35. The van der Waals surface area contributed by atoms with Crippen molar-refractivity contribution in [3.63, 3.8) is 0 Å². The van der Waals surface area contributed by atoms with E-state index in [2.05, 4.69) is 5.32 Å². The van der Waals surface area contributed by atoms with Gasteiger partial charge in [-0.1, -0.05) is 0 Å². The van der Waals surface area contributed by atoms with Crippen LogP contribution in [0.3, 0.4) is 0 Å². The first kappa shape index (κ1) is 20.0. The van der Waals surface area contributed by atoms with Crippen molar-refractivity contribution in [2.75, 3.05) is 27.3 Å². The number of carbonyl (C=O) groups excluding carboxylic acids is 1. The number of hydrogen-bond acceptors (Lipinski definition) is 6. The fraction of sp³-hybridized carbons (Fsp3) is 0.304. The van der Waals surface area contributed by atoms with E-state index in [0.717, 1.165) is 22.6 Å². The number of aromatic nitrogens is 1. The number of nitrogens with one attached hydrogen (secondary N) is 1. The minimum atomic E-state index is -0.919. The molecule has 0 radical (unpaired) electrons. The first-order chi connectivity index (χ1) is 14.6. The highest BCUT2D eigenvalue weighted by Crippen LogP contribution is 2.40. The van der Waals surface area contributed by atoms with Crippen LogP contribution in [0.15, 0.2) is 52.9 Å². The van der Waals surface area contributed by atoms with Gasteiger partial charge in [-0.05, 0) is 74.5 Å². The van der Waals surface area contributed by atoms with E-state index in [1.165, 1.54) is 0 Å². The van der Waals surface area contributed by atoms with Crippen molar-refractivity contribution in [1.29, 1.82) is 0 Å². The maximum Gasteiger partial charge on any atom is 0.233 e. The minimum absolute atomic E-state index is 0.369. The number of benzene rings is 2. The number of hydrogen-bond donors (Lipinski definition) is 2. The Morgan fingerprint density at radius 3 is 2.00 bits per heavy atom. The van der Waals surface area contributed by atoms with Crippen LogP contribution in [-0.2, 0) is 10.2 Å². The number of nitrogens with zero attached hydrogens (tertiary/aromatic N) is 1. The second kappa shape index (κ2) is 8.20. The summed E-state index contributed by atoms with van der Waals surface area (Å²) in [6.07, 6.45) is 1.10. The highest BCUT2D eigenvalue weighted by molar-refractivity contribution is 5.87. The molecule has 1 amide bonds. The molecule has 7 nitrogen and oxygen atoms in total. The number of carbonyl (C=O) groups is 1. The van der Waals surface area contributed by atoms with Crippen LogP contribution in [0.25, 0.3) is 22.6 Å². The Kier molecular flexibility index (Phi) is 5.46. The average Bonchev–Trinajstić information content (AvgIpc) is 3.25. The molecular weight excluding hydrogens is 382 g/mol. The molecule has 1 aliphatic rings. The zero-order valence-corrected chi connectivity index (χ0v) is 17.1. The zero-order valence-electron chi connectivity index (χ0n) is 17.1. The fourth-order valence-electron chi connectivity index (χ4n) is 3.83. The van der Waals surface area contributed by atoms with Gasteiger partial charge >= 0.3 is 0 Å². The lowest BCUT2D eigenvalue weighted by Gasteiger charge is -2.31. The predicted molar refractivity (Wildman–Crippen MR) is 113 cm³/mol. The number of ether oxygens (including phenoxy) is 2. The number of primary amides is 1. The van der Waals surface area contributed by atoms with Crippen LogP contribution >= 0.6 is 0 Å². The number of piperidine rings is 1. The molecule has 3 aromatic rings. The van der Waals surface area contributed by atoms with Crippen molar-refractivity contribution in [1.82, 2.24) is 10.3 Å². The van der Waals surface area contributed by atoms with Gasteiger partial charge in [0.15, 0.2) is 5.76 Å². The van der Waals surface area contributed by atoms with E-state index in [4.69, 9.17) is 24.6 Å². The Morgan fingerprint density at radius 2 is 1.50 bits per heavy atom. The molecule has 7 heteroatoms. The summed E-state index contributed by atoms with van der Waals surface area (Å²) in [6.45, 7) is 1.36. The van der Waals surface area contributed by atoms with Gasteiger partial charge < -0.3 is 24.9 Å². The standard InChI is InChI=1S/C23H25N3O4/c1-28-17-7-3-15(4-8-17)19-20(16-5-9-18(29-2)10-6-16)30-22(26-19)23(21(24)27)11-13-25-14-12-23/h3-10,25H,11-14H2,1-2H3,(H2,24,27). The van der Waals surface area contributed by atoms with Crippen LogP contribution in [0.4, 0.5) is 0 Å². The maximum absolute atomic E-state index is 12.5. The SMILES string of the molecule is COc1ccc(-c2nc(C3(C(N)=O)CCNCC3)oc2-c2ccc(OC)cc2)cc1. The van der Waals surface area contributed by atoms with Gasteiger partial charge in [0.1, 0.15) is 22.6 Å². The molecule has 1 fully saturated rings. The van der Waals surface area contributed by atoms with E-state index < -0.39 is 11.3 Å². The largest absolute Gasteiger partial charge is 0.497 e. The first-order valence-corrected chi connectivity index (χ1v) is 9.88. The Bertz CT molecular complexity index is 955. The van der Waals surface area contributed by atoms with Crippen molar-refractivity contribution >= 4 is 5.91 Å². The topological polar surface area (TPSA) is 99.6 Å². The summed E-state index contributed by atoms with van der Waals surface area (Å²) in [5.41, 5.74) is 7.30. The molecule has 1 aromatic heterocycles. The molecule has 156 valence electrons. The summed E-state index contributed by atoms with van der Waals surface area (Å²) in [5, 5.41) is 3.27. The number of nitrogens with two attached hydrogens (primary N) is 1. The van der Waals surface area contributed by atoms with E-state index >= 15 is 0 Å². The van der Waals surface area contributed by atoms with E-state index in [1.807, 2.05) is 48.5 Å². The summed E-state index contributed by atoms with van der Waals surface area (Å²) >= 11 is 0. The van der Waals surface area contributed by atoms with E-state index in [9.17, 15) is 4.79 Å². The Labute approximate surface area is 175 Å². The fourth-order valence-corrected chi connectivity index (χ4v) is 3.83. The van der Waals surface area contributed by atoms with Crippen LogP contribution in [-0.4, -0.2) is 38.2 Å². The molecule has 4 rings (SSSR count). The van der Waals surface area contributed by atoms with Gasteiger partial charge in [0, 0.05) is 11.1 Å². The quantitative estimate of drug-likeness (QED) is 0.651. The number of rotatable bonds is 6. The summed E-state index contributed by atoms with van der Waals surface area (Å²) in [7, 11) is 3.25. The molecule has 0 saturated carbocycles. The maximum atomic E-state index is 12.5. The molecule has 3 N–H and O–H groups in total. The van der Waals surface area contributed by atoms with E-state index in [1.54, 1.807) is 14.2 Å². The lowest BCUT2D eigenvalue weighted by Crippen LogP contribution is -2.49. The molecular formula is C23H25N3O4. The van der Waals surface area contributed by atoms with Gasteiger partial charge in [0.05, 0.1) is 14.2 Å². The molecule has 0 atom stereocenters. The van der Waals surface area contributed by atoms with Gasteiger partial charge in [-0.25, -0.2) is 4.98 Å². The molecule has 30 heavy (non-hydrogen) atoms. The Balaban J connectivity index is 1.86. The van der Waals surface area contributed by atoms with Crippen molar-refractivity contribution in [2.45, 2.75) is 18.3 Å². The normalized spacial score (nSPS) is 15.5. The van der Waals surface area contributed by atoms with Crippen LogP contribution in [0.5, 0.6) is 11.5 Å². The monoisotopic (exact) mass is 407 g/mol. The highest BCUT2D eigenvalue weighted by atomic mass is 16.5. The van der Waals surface area contributed by atoms with Crippen molar-refractivity contribution in [2.24, 2.45) is 5.73 Å². The molecule has 1 saturated heterocycles. The molecule has 1 aliphatic heterocycles. The molecule has 2 aromatic carbocycles.